The van der Waals surface area contributed by atoms with Crippen molar-refractivity contribution < 1.29 is 28.2 Å². The van der Waals surface area contributed by atoms with Crippen molar-refractivity contribution in [2.75, 3.05) is 176 Å². The van der Waals surface area contributed by atoms with Gasteiger partial charge in [0.1, 0.15) is 56.7 Å². The van der Waals surface area contributed by atoms with Crippen LogP contribution in [0.2, 0.25) is 0 Å². The number of carbonyl (C=O) groups is 2. The highest BCUT2D eigenvalue weighted by atomic mass is 19.1. The Morgan fingerprint density at radius 3 is 1.36 bits per heavy atom. The molecule has 10 heterocycles. The van der Waals surface area contributed by atoms with Gasteiger partial charge in [-0.05, 0) is 150 Å². The zero-order valence-electron chi connectivity index (χ0n) is 71.8. The zero-order chi connectivity index (χ0) is 88.4. The average Bonchev–Trinajstić information content (AvgIpc) is 0.902. The molecule has 6 N–H and O–H groups in total. The zero-order valence-corrected chi connectivity index (χ0v) is 71.8. The van der Waals surface area contributed by atoms with Gasteiger partial charge in [0, 0.05) is 155 Å². The molecule has 0 spiro atoms. The number of hydrogen-bond acceptors (Lipinski definition) is 27. The number of halogens is 1. The summed E-state index contributed by atoms with van der Waals surface area (Å²) in [7, 11) is 11.3. The average molecular weight is 1710 g/mol. The molecule has 127 heavy (non-hydrogen) atoms. The Kier molecular flexibility index (Phi) is 26.2. The first-order valence-corrected chi connectivity index (χ1v) is 42.4. The number of hydrogen-bond donors (Lipinski definition) is 5. The molecule has 7 aromatic carbocycles. The van der Waals surface area contributed by atoms with Crippen LogP contribution in [0.15, 0.2) is 216 Å². The summed E-state index contributed by atoms with van der Waals surface area (Å²) in [6.07, 6.45) is 13.3. The van der Waals surface area contributed by atoms with E-state index in [0.717, 1.165) is 133 Å². The summed E-state index contributed by atoms with van der Waals surface area (Å²) in [5.41, 5.74) is 17.1. The van der Waals surface area contributed by atoms with E-state index in [1.165, 1.54) is 52.1 Å². The third kappa shape index (κ3) is 19.4. The van der Waals surface area contributed by atoms with Gasteiger partial charge in [0.05, 0.1) is 74.4 Å². The van der Waals surface area contributed by atoms with E-state index < -0.39 is 17.3 Å². The van der Waals surface area contributed by atoms with Gasteiger partial charge in [0.2, 0.25) is 29.7 Å². The molecule has 33 heteroatoms. The molecule has 32 nitrogen and oxygen atoms in total. The molecule has 1 saturated carbocycles. The van der Waals surface area contributed by atoms with E-state index in [2.05, 4.69) is 122 Å². The number of nitrogens with two attached hydrogens (primary N) is 1. The normalized spacial score (nSPS) is 15.8. The molecule has 4 saturated heterocycles. The van der Waals surface area contributed by atoms with Crippen LogP contribution in [-0.2, 0) is 9.59 Å². The van der Waals surface area contributed by atoms with Crippen LogP contribution >= 0.6 is 0 Å². The number of likely N-dealkylation sites (N-methyl/N-ethyl adjacent to an activating group) is 3. The second-order valence-electron chi connectivity index (χ2n) is 32.0. The number of ether oxygens (including phenoxy) is 3. The highest BCUT2D eigenvalue weighted by Gasteiger charge is 2.33. The molecule has 4 aliphatic heterocycles. The van der Waals surface area contributed by atoms with Crippen LogP contribution in [0.3, 0.4) is 0 Å². The van der Waals surface area contributed by atoms with Crippen LogP contribution in [0.4, 0.5) is 67.7 Å². The molecule has 1 atom stereocenters. The maximum absolute atomic E-state index is 14.1. The van der Waals surface area contributed by atoms with Crippen LogP contribution < -0.4 is 72.6 Å². The van der Waals surface area contributed by atoms with Gasteiger partial charge in [0.15, 0.2) is 16.9 Å². The van der Waals surface area contributed by atoms with E-state index in [0.29, 0.717) is 133 Å². The van der Waals surface area contributed by atoms with Crippen LogP contribution in [0.25, 0.3) is 67.4 Å². The fourth-order valence-electron chi connectivity index (χ4n) is 16.6. The number of anilines is 11. The molecule has 5 fully saturated rings. The van der Waals surface area contributed by atoms with Gasteiger partial charge in [-0.2, -0.15) is 15.0 Å². The first-order chi connectivity index (χ1) is 61.8. The summed E-state index contributed by atoms with van der Waals surface area (Å²) < 4.78 is 35.6. The van der Waals surface area contributed by atoms with Gasteiger partial charge in [-0.25, -0.2) is 34.3 Å². The third-order valence-corrected chi connectivity index (χ3v) is 23.6. The molecule has 652 valence electrons. The Balaban J connectivity index is 0.000000140. The molecule has 0 radical (unpaired) electrons. The molecule has 6 aromatic heterocycles. The highest BCUT2D eigenvalue weighted by Crippen LogP contribution is 2.38. The second-order valence-corrected chi connectivity index (χ2v) is 32.0. The summed E-state index contributed by atoms with van der Waals surface area (Å²) in [4.78, 5) is 124. The minimum Gasteiger partial charge on any atom is -0.494 e. The van der Waals surface area contributed by atoms with Crippen molar-refractivity contribution >= 4 is 109 Å². The fraction of sp³-hybridized carbons (Fsp3) is 0.298. The predicted molar refractivity (Wildman–Crippen MR) is 496 cm³/mol. The summed E-state index contributed by atoms with van der Waals surface area (Å²) in [6, 6.07) is 46.6. The molecule has 5 aliphatic rings. The predicted octanol–water partition coefficient (Wildman–Crippen LogP) is 12.2. The van der Waals surface area contributed by atoms with Crippen molar-refractivity contribution in [1.29, 1.82) is 0 Å². The van der Waals surface area contributed by atoms with Gasteiger partial charge in [-0.15, -0.1) is 0 Å². The van der Waals surface area contributed by atoms with Crippen LogP contribution in [0.5, 0.6) is 17.2 Å². The van der Waals surface area contributed by atoms with Crippen molar-refractivity contribution in [3.8, 4) is 51.1 Å². The summed E-state index contributed by atoms with van der Waals surface area (Å²) in [5, 5.41) is 12.5. The number of aromatic nitrogens is 12. The van der Waals surface area contributed by atoms with Crippen LogP contribution in [0, 0.1) is 5.82 Å². The Morgan fingerprint density at radius 1 is 0.457 bits per heavy atom. The molecule has 13 aromatic rings. The van der Waals surface area contributed by atoms with Crippen LogP contribution in [0.1, 0.15) is 56.2 Å². The Bertz CT molecular complexity index is 6430. The quantitative estimate of drug-likeness (QED) is 0.0329. The number of nitrogens with zero attached hydrogens (tertiary/aromatic N) is 19. The number of nitrogens with one attached hydrogen (secondary N) is 4. The maximum atomic E-state index is 14.1. The standard InChI is InChI=1S/C33H31FN8O3.C31H40N8O3.C30H30N8O2/c1-4-29(43)36-23-6-5-7-25(18-23)42-31-27(37-30(32(42)44)21-8-10-22(34)11-9-21)20-35-33(39-31)38-26-13-12-24(19-28(26)45-3)41-16-14-40(2)15-17-41;1-4-27(40)38-13-12-23(20-38)39-29-25(33-28(30(39)41)21-8-6-5-7-9-21)19-32-31(35-29)34-24-11-10-22(18-26(24)42-3)37-16-14-36(2)15-17-37;1-36-13-15-37(16-14-36)22-11-12-24(26(18-22)40-2)34-30-32-19-25-28(35-30)38(23-10-6-9-21(31)17-23)29(39)27(33-25)20-7-4-3-5-8-20/h4-13,18-20H,1,14-17H2,2-3H3,(H,36,43)(H,35,38,39);4,10-11,18-19,21,23H,1,5-9,12-17,20H2,2-3H3,(H,32,34,35);3-12,17-19H,13-16,31H2,1-2H3,(H,32,34,35). The van der Waals surface area contributed by atoms with Crippen molar-refractivity contribution in [3.05, 3.63) is 244 Å². The van der Waals surface area contributed by atoms with Crippen LogP contribution in [-0.4, -0.2) is 224 Å². The number of rotatable bonds is 21. The van der Waals surface area contributed by atoms with Gasteiger partial charge in [-0.3, -0.25) is 37.7 Å². The van der Waals surface area contributed by atoms with E-state index in [1.807, 2.05) is 78.9 Å². The lowest BCUT2D eigenvalue weighted by molar-refractivity contribution is -0.125. The highest BCUT2D eigenvalue weighted by molar-refractivity contribution is 5.99. The molecular weight excluding hydrogens is 1610 g/mol. The monoisotopic (exact) mass is 1710 g/mol. The van der Waals surface area contributed by atoms with Gasteiger partial charge < -0.3 is 75.5 Å². The number of nitrogen functional groups attached to an aromatic ring is 1. The van der Waals surface area contributed by atoms with E-state index >= 15 is 0 Å². The summed E-state index contributed by atoms with van der Waals surface area (Å²) in [6.45, 7) is 19.8. The number of likely N-dealkylation sites (tertiary alicyclic amines) is 1. The molecule has 18 rings (SSSR count). The first kappa shape index (κ1) is 86.0. The van der Waals surface area contributed by atoms with Crippen molar-refractivity contribution in [3.63, 3.8) is 0 Å². The Morgan fingerprint density at radius 2 is 0.906 bits per heavy atom. The summed E-state index contributed by atoms with van der Waals surface area (Å²) >= 11 is 0. The van der Waals surface area contributed by atoms with Crippen molar-refractivity contribution in [2.45, 2.75) is 50.5 Å². The fourth-order valence-corrected chi connectivity index (χ4v) is 16.6. The van der Waals surface area contributed by atoms with Gasteiger partial charge in [-0.1, -0.05) is 74.9 Å². The molecule has 1 aliphatic carbocycles. The molecule has 2 amide bonds. The lowest BCUT2D eigenvalue weighted by Crippen LogP contribution is -2.44. The van der Waals surface area contributed by atoms with Gasteiger partial charge >= 0.3 is 0 Å². The minimum atomic E-state index is -0.486. The number of fused-ring (bicyclic) bond motifs is 3. The van der Waals surface area contributed by atoms with E-state index in [9.17, 15) is 28.4 Å². The Hall–Kier alpha value is -14.6. The topological polar surface area (TPSA) is 341 Å². The molecule has 1 unspecified atom stereocenters. The Labute approximate surface area is 732 Å². The smallest absolute Gasteiger partial charge is 0.283 e. The lowest BCUT2D eigenvalue weighted by Gasteiger charge is -2.34. The number of benzene rings is 7. The van der Waals surface area contributed by atoms with Crippen molar-refractivity contribution in [1.82, 2.24) is 78.2 Å². The lowest BCUT2D eigenvalue weighted by atomic mass is 9.87. The van der Waals surface area contributed by atoms with Crippen molar-refractivity contribution in [2.24, 2.45) is 0 Å². The maximum Gasteiger partial charge on any atom is 0.283 e. The molecule has 0 bridgehead atoms. The minimum absolute atomic E-state index is 0.0912. The second kappa shape index (κ2) is 38.7. The largest absolute Gasteiger partial charge is 0.494 e. The number of piperazine rings is 3. The number of methoxy groups -OCH3 is 3. The van der Waals surface area contributed by atoms with Gasteiger partial charge in [0.25, 0.3) is 16.7 Å². The number of amides is 2. The third-order valence-electron chi connectivity index (χ3n) is 23.6. The van der Waals surface area contributed by atoms with E-state index in [4.69, 9.17) is 39.9 Å². The van der Waals surface area contributed by atoms with E-state index in [-0.39, 0.29) is 46.3 Å². The number of carbonyl (C=O) groups excluding carboxylic acids is 2. The first-order valence-electron chi connectivity index (χ1n) is 42.4. The summed E-state index contributed by atoms with van der Waals surface area (Å²) in [5.74, 6) is 2.03. The molecular formula is C94H101FN24O8. The SMILES string of the molecule is C=CC(=O)N1CCC(n2c(=O)c(C3CCCCC3)nc3cnc(Nc4ccc(N5CCN(C)CC5)cc4OC)nc32)C1.C=CC(=O)Nc1cccc(-n2c(=O)c(-c3ccc(F)cc3)nc3cnc(Nc4ccc(N5CCN(C)CC5)cc4OC)nc32)c1.COc1cc(N2CCN(C)CC2)ccc1Nc1ncc2nc(-c3ccccc3)c(=O)n(-c3cccc(N)c3)c2n1. The van der Waals surface area contributed by atoms with E-state index in [1.54, 1.807) is 85.7 Å².